The third kappa shape index (κ3) is 4.51. The summed E-state index contributed by atoms with van der Waals surface area (Å²) in [6.45, 7) is 4.29. The summed E-state index contributed by atoms with van der Waals surface area (Å²) in [7, 11) is 4.80. The van der Waals surface area contributed by atoms with E-state index in [9.17, 15) is 4.79 Å². The number of methoxy groups -OCH3 is 2. The number of ether oxygens (including phenoxy) is 3. The molecule has 2 aromatic carbocycles. The number of carbonyl (C=O) groups is 1. The molecule has 0 saturated carbocycles. The van der Waals surface area contributed by atoms with Crippen molar-refractivity contribution in [3.8, 4) is 22.9 Å². The molecule has 0 aliphatic rings. The predicted octanol–water partition coefficient (Wildman–Crippen LogP) is 4.47. The Morgan fingerprint density at radius 2 is 1.90 bits per heavy atom. The highest BCUT2D eigenvalue weighted by Gasteiger charge is 2.12. The molecule has 0 spiro atoms. The highest BCUT2D eigenvalue weighted by atomic mass is 16.5. The van der Waals surface area contributed by atoms with Crippen molar-refractivity contribution >= 4 is 11.8 Å². The van der Waals surface area contributed by atoms with Crippen molar-refractivity contribution in [2.75, 3.05) is 19.5 Å². The van der Waals surface area contributed by atoms with Gasteiger partial charge in [-0.25, -0.2) is 9.48 Å². The zero-order valence-corrected chi connectivity index (χ0v) is 17.3. The van der Waals surface area contributed by atoms with Gasteiger partial charge in [0.1, 0.15) is 12.4 Å². The van der Waals surface area contributed by atoms with Crippen LogP contribution in [0, 0.1) is 13.8 Å². The van der Waals surface area contributed by atoms with Gasteiger partial charge in [0.25, 0.3) is 0 Å². The summed E-state index contributed by atoms with van der Waals surface area (Å²) in [6, 6.07) is 13.5. The summed E-state index contributed by atoms with van der Waals surface area (Å²) < 4.78 is 17.7. The standard InChI is InChI=1S/C22H25N3O4/c1-14-7-6-8-18(23-22(26)28-5)17(14)13-29-20-10-9-16(11-15(20)2)19-12-21(27-4)25(3)24-19/h6-12H,13H2,1-5H3,(H,23,26). The highest BCUT2D eigenvalue weighted by Crippen LogP contribution is 2.29. The van der Waals surface area contributed by atoms with Crippen molar-refractivity contribution < 1.29 is 19.0 Å². The quantitative estimate of drug-likeness (QED) is 0.667. The second kappa shape index (κ2) is 8.68. The minimum Gasteiger partial charge on any atom is -0.489 e. The molecule has 7 nitrogen and oxygen atoms in total. The molecule has 1 N–H and O–H groups in total. The maximum Gasteiger partial charge on any atom is 0.411 e. The van der Waals surface area contributed by atoms with E-state index in [4.69, 9.17) is 14.2 Å². The fourth-order valence-corrected chi connectivity index (χ4v) is 3.07. The first-order chi connectivity index (χ1) is 13.9. The molecule has 0 fully saturated rings. The fraction of sp³-hybridized carbons (Fsp3) is 0.273. The summed E-state index contributed by atoms with van der Waals surface area (Å²) in [5.74, 6) is 1.46. The smallest absolute Gasteiger partial charge is 0.411 e. The number of nitrogens with zero attached hydrogens (tertiary/aromatic N) is 2. The van der Waals surface area contributed by atoms with Crippen LogP contribution < -0.4 is 14.8 Å². The van der Waals surface area contributed by atoms with Crippen LogP contribution >= 0.6 is 0 Å². The lowest BCUT2D eigenvalue weighted by Gasteiger charge is -2.15. The third-order valence-corrected chi connectivity index (χ3v) is 4.72. The van der Waals surface area contributed by atoms with Crippen molar-refractivity contribution in [1.82, 2.24) is 9.78 Å². The van der Waals surface area contributed by atoms with Crippen LogP contribution in [0.25, 0.3) is 11.3 Å². The lowest BCUT2D eigenvalue weighted by Crippen LogP contribution is -2.14. The van der Waals surface area contributed by atoms with Gasteiger partial charge >= 0.3 is 6.09 Å². The van der Waals surface area contributed by atoms with Crippen LogP contribution in [0.1, 0.15) is 16.7 Å². The van der Waals surface area contributed by atoms with E-state index in [1.54, 1.807) is 11.8 Å². The number of anilines is 1. The number of hydrogen-bond acceptors (Lipinski definition) is 5. The zero-order chi connectivity index (χ0) is 21.0. The van der Waals surface area contributed by atoms with Gasteiger partial charge in [-0.05, 0) is 49.2 Å². The van der Waals surface area contributed by atoms with Crippen molar-refractivity contribution in [3.63, 3.8) is 0 Å². The average molecular weight is 395 g/mol. The van der Waals surface area contributed by atoms with Gasteiger partial charge in [0.2, 0.25) is 5.88 Å². The second-order valence-electron chi connectivity index (χ2n) is 6.68. The highest BCUT2D eigenvalue weighted by molar-refractivity contribution is 5.85. The lowest BCUT2D eigenvalue weighted by atomic mass is 10.1. The number of aryl methyl sites for hydroxylation is 3. The molecule has 1 heterocycles. The molecule has 0 radical (unpaired) electrons. The normalized spacial score (nSPS) is 10.5. The summed E-state index contributed by atoms with van der Waals surface area (Å²) in [5.41, 5.74) is 5.40. The molecule has 0 atom stereocenters. The molecule has 1 aromatic heterocycles. The van der Waals surface area contributed by atoms with E-state index in [2.05, 4.69) is 10.4 Å². The van der Waals surface area contributed by atoms with Gasteiger partial charge in [0.15, 0.2) is 0 Å². The van der Waals surface area contributed by atoms with E-state index in [-0.39, 0.29) is 0 Å². The minimum atomic E-state index is -0.511. The van der Waals surface area contributed by atoms with Gasteiger partial charge in [0.05, 0.1) is 25.6 Å². The lowest BCUT2D eigenvalue weighted by molar-refractivity contribution is 0.187. The molecule has 0 aliphatic carbocycles. The number of amides is 1. The van der Waals surface area contributed by atoms with Crippen molar-refractivity contribution in [2.45, 2.75) is 20.5 Å². The molecule has 3 rings (SSSR count). The van der Waals surface area contributed by atoms with Crippen molar-refractivity contribution in [3.05, 3.63) is 59.2 Å². The Bertz CT molecular complexity index is 1030. The van der Waals surface area contributed by atoms with Crippen LogP contribution in [0.4, 0.5) is 10.5 Å². The largest absolute Gasteiger partial charge is 0.489 e. The Hall–Kier alpha value is -3.48. The number of nitrogens with one attached hydrogen (secondary N) is 1. The summed E-state index contributed by atoms with van der Waals surface area (Å²) >= 11 is 0. The third-order valence-electron chi connectivity index (χ3n) is 4.72. The number of rotatable bonds is 6. The van der Waals surface area contributed by atoms with Crippen LogP contribution in [0.5, 0.6) is 11.6 Å². The topological polar surface area (TPSA) is 74.6 Å². The van der Waals surface area contributed by atoms with Gasteiger partial charge < -0.3 is 14.2 Å². The Kier molecular flexibility index (Phi) is 6.07. The summed E-state index contributed by atoms with van der Waals surface area (Å²) in [6.07, 6.45) is -0.511. The van der Waals surface area contributed by atoms with E-state index >= 15 is 0 Å². The second-order valence-corrected chi connectivity index (χ2v) is 6.68. The molecule has 1 amide bonds. The number of benzene rings is 2. The Labute approximate surface area is 170 Å². The monoisotopic (exact) mass is 395 g/mol. The van der Waals surface area contributed by atoms with E-state index in [1.165, 1.54) is 7.11 Å². The Morgan fingerprint density at radius 1 is 1.10 bits per heavy atom. The predicted molar refractivity (Wildman–Crippen MR) is 111 cm³/mol. The molecular formula is C22H25N3O4. The molecule has 3 aromatic rings. The van der Waals surface area contributed by atoms with E-state index in [0.717, 1.165) is 33.7 Å². The maximum atomic E-state index is 11.6. The van der Waals surface area contributed by atoms with Gasteiger partial charge in [-0.3, -0.25) is 5.32 Å². The van der Waals surface area contributed by atoms with Crippen LogP contribution in [0.15, 0.2) is 42.5 Å². The molecule has 29 heavy (non-hydrogen) atoms. The van der Waals surface area contributed by atoms with Gasteiger partial charge in [-0.2, -0.15) is 5.10 Å². The Morgan fingerprint density at radius 3 is 2.55 bits per heavy atom. The fourth-order valence-electron chi connectivity index (χ4n) is 3.07. The molecule has 0 saturated heterocycles. The van der Waals surface area contributed by atoms with Crippen molar-refractivity contribution in [2.24, 2.45) is 7.05 Å². The van der Waals surface area contributed by atoms with E-state index in [0.29, 0.717) is 18.2 Å². The van der Waals surface area contributed by atoms with Crippen LogP contribution in [0.2, 0.25) is 0 Å². The summed E-state index contributed by atoms with van der Waals surface area (Å²) in [4.78, 5) is 11.6. The minimum absolute atomic E-state index is 0.323. The SMILES string of the molecule is COC(=O)Nc1cccc(C)c1COc1ccc(-c2cc(OC)n(C)n2)cc1C. The summed E-state index contributed by atoms with van der Waals surface area (Å²) in [5, 5.41) is 7.21. The van der Waals surface area contributed by atoms with Gasteiger partial charge in [-0.15, -0.1) is 0 Å². The average Bonchev–Trinajstić information content (AvgIpc) is 3.09. The van der Waals surface area contributed by atoms with E-state index < -0.39 is 6.09 Å². The molecule has 7 heteroatoms. The number of carbonyl (C=O) groups excluding carboxylic acids is 1. The first kappa shape index (κ1) is 20.3. The van der Waals surface area contributed by atoms with Gasteiger partial charge in [-0.1, -0.05) is 12.1 Å². The van der Waals surface area contributed by atoms with Gasteiger partial charge in [0, 0.05) is 24.2 Å². The molecular weight excluding hydrogens is 370 g/mol. The molecule has 152 valence electrons. The first-order valence-corrected chi connectivity index (χ1v) is 9.18. The van der Waals surface area contributed by atoms with Crippen molar-refractivity contribution in [1.29, 1.82) is 0 Å². The van der Waals surface area contributed by atoms with Crippen LogP contribution in [0.3, 0.4) is 0 Å². The first-order valence-electron chi connectivity index (χ1n) is 9.18. The van der Waals surface area contributed by atoms with Crippen LogP contribution in [-0.4, -0.2) is 30.1 Å². The number of aromatic nitrogens is 2. The number of hydrogen-bond donors (Lipinski definition) is 1. The molecule has 0 unspecified atom stereocenters. The zero-order valence-electron chi connectivity index (χ0n) is 17.3. The maximum absolute atomic E-state index is 11.6. The van der Waals surface area contributed by atoms with E-state index in [1.807, 2.05) is 63.4 Å². The molecule has 0 bridgehead atoms. The Balaban J connectivity index is 1.79. The van der Waals surface area contributed by atoms with Crippen LogP contribution in [-0.2, 0) is 18.4 Å². The molecule has 0 aliphatic heterocycles.